The predicted molar refractivity (Wildman–Crippen MR) is 288 cm³/mol. The van der Waals surface area contributed by atoms with E-state index >= 15 is 0 Å². The summed E-state index contributed by atoms with van der Waals surface area (Å²) in [4.78, 5) is 2.52. The molecule has 0 aliphatic heterocycles. The Labute approximate surface area is 397 Å². The zero-order valence-corrected chi connectivity index (χ0v) is 37.7. The highest BCUT2D eigenvalue weighted by Crippen LogP contribution is 2.63. The van der Waals surface area contributed by atoms with Crippen LogP contribution in [0.2, 0.25) is 0 Å². The summed E-state index contributed by atoms with van der Waals surface area (Å²) in [5.41, 5.74) is 19.5. The lowest BCUT2D eigenvalue weighted by atomic mass is 9.70. The molecule has 2 nitrogen and oxygen atoms in total. The van der Waals surface area contributed by atoms with Gasteiger partial charge in [-0.05, 0) is 121 Å². The maximum absolute atomic E-state index is 2.52. The number of thiophene rings is 1. The molecule has 0 fully saturated rings. The van der Waals surface area contributed by atoms with E-state index in [1.54, 1.807) is 0 Å². The molecule has 0 atom stereocenters. The van der Waals surface area contributed by atoms with E-state index in [1.165, 1.54) is 114 Å². The van der Waals surface area contributed by atoms with E-state index in [9.17, 15) is 0 Å². The van der Waals surface area contributed by atoms with Gasteiger partial charge in [0.05, 0.1) is 26.8 Å². The first kappa shape index (κ1) is 37.7. The second-order valence-corrected chi connectivity index (χ2v) is 19.4. The minimum atomic E-state index is -0.450. The summed E-state index contributed by atoms with van der Waals surface area (Å²) in [6, 6.07) is 90.5. The smallest absolute Gasteiger partial charge is 0.0726 e. The molecule has 0 saturated heterocycles. The number of hydrogen-bond acceptors (Lipinski definition) is 2. The first-order valence-corrected chi connectivity index (χ1v) is 24.3. The third kappa shape index (κ3) is 5.11. The van der Waals surface area contributed by atoms with Crippen molar-refractivity contribution >= 4 is 81.1 Å². The summed E-state index contributed by atoms with van der Waals surface area (Å²) in [6.07, 6.45) is 0. The van der Waals surface area contributed by atoms with Crippen molar-refractivity contribution in [2.45, 2.75) is 5.41 Å². The minimum absolute atomic E-state index is 0.450. The van der Waals surface area contributed by atoms with Crippen molar-refractivity contribution in [3.8, 4) is 39.1 Å². The number of rotatable bonds is 5. The largest absolute Gasteiger partial charge is 0.309 e. The van der Waals surface area contributed by atoms with Crippen molar-refractivity contribution in [1.29, 1.82) is 0 Å². The molecule has 3 heteroatoms. The lowest BCUT2D eigenvalue weighted by Crippen LogP contribution is -2.26. The fraction of sp³-hybridized carbons (Fsp3) is 0.0154. The number of anilines is 3. The van der Waals surface area contributed by atoms with Gasteiger partial charge in [-0.3, -0.25) is 0 Å². The molecule has 68 heavy (non-hydrogen) atoms. The van der Waals surface area contributed by atoms with Gasteiger partial charge in [0.1, 0.15) is 0 Å². The molecular weight excluding hydrogens is 841 g/mol. The maximum atomic E-state index is 2.52. The van der Waals surface area contributed by atoms with E-state index in [1.807, 2.05) is 11.3 Å². The van der Waals surface area contributed by atoms with Crippen LogP contribution >= 0.6 is 11.3 Å². The highest BCUT2D eigenvalue weighted by atomic mass is 32.1. The zero-order chi connectivity index (χ0) is 44.5. The van der Waals surface area contributed by atoms with Crippen molar-refractivity contribution < 1.29 is 0 Å². The van der Waals surface area contributed by atoms with Crippen molar-refractivity contribution in [3.63, 3.8) is 0 Å². The average Bonchev–Trinajstić information content (AvgIpc) is 4.13. The lowest BCUT2D eigenvalue weighted by Gasteiger charge is -2.32. The molecule has 1 spiro atoms. The van der Waals surface area contributed by atoms with Gasteiger partial charge >= 0.3 is 0 Å². The normalized spacial score (nSPS) is 13.1. The molecule has 13 aromatic rings. The van der Waals surface area contributed by atoms with Gasteiger partial charge in [-0.2, -0.15) is 0 Å². The van der Waals surface area contributed by atoms with Crippen molar-refractivity contribution in [2.75, 3.05) is 4.90 Å². The summed E-state index contributed by atoms with van der Waals surface area (Å²) >= 11 is 1.91. The van der Waals surface area contributed by atoms with E-state index in [4.69, 9.17) is 0 Å². The molecule has 0 amide bonds. The topological polar surface area (TPSA) is 8.17 Å². The van der Waals surface area contributed by atoms with Gasteiger partial charge in [0.25, 0.3) is 0 Å². The highest BCUT2D eigenvalue weighted by molar-refractivity contribution is 7.27. The Kier molecular flexibility index (Phi) is 7.90. The first-order valence-electron chi connectivity index (χ1n) is 23.5. The van der Waals surface area contributed by atoms with E-state index in [-0.39, 0.29) is 0 Å². The van der Waals surface area contributed by atoms with Gasteiger partial charge in [0.15, 0.2) is 0 Å². The maximum Gasteiger partial charge on any atom is 0.0726 e. The van der Waals surface area contributed by atoms with Crippen LogP contribution < -0.4 is 4.90 Å². The third-order valence-corrected chi connectivity index (χ3v) is 16.3. The standard InChI is InChI=1S/C65H40N2S/c1-2-18-47-42(15-1)33-37-55-54-24-14-30-62(64(54)68-63(47)55)66(44-34-31-41(32-35-44)43-16-13-17-45(39-43)67-60-28-11-6-22-52(60)53-23-7-12-29-61(53)67)46-36-38-51-50-21-5-10-27-58(50)65(59(51)40-46)56-25-8-3-19-48(56)49-20-4-9-26-57(49)65/h1-40H. The molecule has 15 rings (SSSR count). The van der Waals surface area contributed by atoms with Crippen LogP contribution in [0.1, 0.15) is 22.3 Å². The van der Waals surface area contributed by atoms with Crippen LogP contribution in [0.4, 0.5) is 17.1 Å². The van der Waals surface area contributed by atoms with Gasteiger partial charge in [0.2, 0.25) is 0 Å². The molecule has 2 aromatic heterocycles. The van der Waals surface area contributed by atoms with Crippen LogP contribution in [0.15, 0.2) is 243 Å². The molecule has 2 heterocycles. The van der Waals surface area contributed by atoms with Gasteiger partial charge < -0.3 is 9.47 Å². The molecule has 0 unspecified atom stereocenters. The van der Waals surface area contributed by atoms with Crippen molar-refractivity contribution in [1.82, 2.24) is 4.57 Å². The van der Waals surface area contributed by atoms with Crippen LogP contribution in [0.5, 0.6) is 0 Å². The fourth-order valence-electron chi connectivity index (χ4n) is 12.2. The average molecular weight is 881 g/mol. The number of fused-ring (bicyclic) bond motifs is 18. The molecular formula is C65H40N2S. The molecule has 0 saturated carbocycles. The Morgan fingerprint density at radius 3 is 1.57 bits per heavy atom. The summed E-state index contributed by atoms with van der Waals surface area (Å²) in [5.74, 6) is 0. The summed E-state index contributed by atoms with van der Waals surface area (Å²) in [5, 5.41) is 7.67. The molecule has 2 aliphatic rings. The molecule has 0 bridgehead atoms. The van der Waals surface area contributed by atoms with Crippen LogP contribution in [0, 0.1) is 0 Å². The second-order valence-electron chi connectivity index (χ2n) is 18.3. The zero-order valence-electron chi connectivity index (χ0n) is 36.9. The van der Waals surface area contributed by atoms with Gasteiger partial charge in [-0.25, -0.2) is 0 Å². The van der Waals surface area contributed by atoms with E-state index in [2.05, 4.69) is 252 Å². The van der Waals surface area contributed by atoms with Crippen LogP contribution in [-0.4, -0.2) is 4.57 Å². The molecule has 316 valence electrons. The van der Waals surface area contributed by atoms with Gasteiger partial charge in [-0.1, -0.05) is 188 Å². The molecule has 2 aliphatic carbocycles. The molecule has 0 radical (unpaired) electrons. The Hall–Kier alpha value is -8.50. The highest BCUT2D eigenvalue weighted by Gasteiger charge is 2.51. The Morgan fingerprint density at radius 1 is 0.338 bits per heavy atom. The Bertz CT molecular complexity index is 4110. The predicted octanol–water partition coefficient (Wildman–Crippen LogP) is 17.8. The molecule has 11 aromatic carbocycles. The number of nitrogens with zero attached hydrogens (tertiary/aromatic N) is 2. The minimum Gasteiger partial charge on any atom is -0.309 e. The first-order chi connectivity index (χ1) is 33.7. The third-order valence-electron chi connectivity index (χ3n) is 15.0. The van der Waals surface area contributed by atoms with Crippen LogP contribution in [0.3, 0.4) is 0 Å². The summed E-state index contributed by atoms with van der Waals surface area (Å²) in [6.45, 7) is 0. The number of aromatic nitrogens is 1. The van der Waals surface area contributed by atoms with E-state index in [0.717, 1.165) is 17.1 Å². The number of hydrogen-bond donors (Lipinski definition) is 0. The Balaban J connectivity index is 0.938. The lowest BCUT2D eigenvalue weighted by molar-refractivity contribution is 0.793. The van der Waals surface area contributed by atoms with E-state index < -0.39 is 5.41 Å². The Morgan fingerprint density at radius 2 is 0.882 bits per heavy atom. The number of para-hydroxylation sites is 2. The second kappa shape index (κ2) is 14.3. The van der Waals surface area contributed by atoms with E-state index in [0.29, 0.717) is 0 Å². The van der Waals surface area contributed by atoms with Crippen molar-refractivity contribution in [2.24, 2.45) is 0 Å². The summed E-state index contributed by atoms with van der Waals surface area (Å²) in [7, 11) is 0. The van der Waals surface area contributed by atoms with Crippen LogP contribution in [-0.2, 0) is 5.41 Å². The summed E-state index contributed by atoms with van der Waals surface area (Å²) < 4.78 is 5.00. The number of benzene rings is 11. The quantitative estimate of drug-likeness (QED) is 0.167. The SMILES string of the molecule is c1cc(-c2ccc(N(c3ccc4c(c3)C3(c5ccccc5-c5ccccc53)c3ccccc3-4)c3cccc4c3sc3c5ccccc5ccc43)cc2)cc(-n2c3ccccc3c3ccccc32)c1. The van der Waals surface area contributed by atoms with Crippen LogP contribution in [0.25, 0.3) is 91.8 Å². The fourth-order valence-corrected chi connectivity index (χ4v) is 13.5. The monoisotopic (exact) mass is 880 g/mol. The van der Waals surface area contributed by atoms with Gasteiger partial charge in [0, 0.05) is 43.3 Å². The van der Waals surface area contributed by atoms with Gasteiger partial charge in [-0.15, -0.1) is 11.3 Å². The van der Waals surface area contributed by atoms with Crippen molar-refractivity contribution in [3.05, 3.63) is 265 Å². The molecule has 0 N–H and O–H groups in total.